The predicted molar refractivity (Wildman–Crippen MR) is 151 cm³/mol. The molecule has 0 N–H and O–H groups in total. The van der Waals surface area contributed by atoms with Gasteiger partial charge in [0.25, 0.3) is 0 Å². The van der Waals surface area contributed by atoms with Gasteiger partial charge in [-0.3, -0.25) is 9.97 Å². The zero-order valence-electron chi connectivity index (χ0n) is 21.6. The molecule has 0 saturated carbocycles. The van der Waals surface area contributed by atoms with Gasteiger partial charge in [-0.25, -0.2) is 0 Å². The fourth-order valence-corrected chi connectivity index (χ4v) is 4.75. The van der Waals surface area contributed by atoms with Crippen LogP contribution in [-0.2, 0) is 22.7 Å². The van der Waals surface area contributed by atoms with E-state index in [4.69, 9.17) is 9.47 Å². The number of hydrogen-bond acceptors (Lipinski definition) is 4. The number of aromatic nitrogens is 2. The van der Waals surface area contributed by atoms with E-state index in [-0.39, 0.29) is 0 Å². The SMILES string of the molecule is [O]C(OCCCCc1nccc2ccccc12)c1ccc(OCCCCc2nccc3ccccc23)cc1. The lowest BCUT2D eigenvalue weighted by Gasteiger charge is -2.12. The minimum atomic E-state index is -1.19. The summed E-state index contributed by atoms with van der Waals surface area (Å²) >= 11 is 0. The molecule has 0 saturated heterocycles. The number of hydrogen-bond donors (Lipinski definition) is 0. The van der Waals surface area contributed by atoms with E-state index in [2.05, 4.69) is 46.4 Å². The summed E-state index contributed by atoms with van der Waals surface area (Å²) in [5.74, 6) is 0.770. The van der Waals surface area contributed by atoms with Crippen molar-refractivity contribution in [1.82, 2.24) is 9.97 Å². The predicted octanol–water partition coefficient (Wildman–Crippen LogP) is 7.65. The summed E-state index contributed by atoms with van der Waals surface area (Å²) in [5.41, 5.74) is 2.86. The molecule has 0 spiro atoms. The molecule has 5 heteroatoms. The van der Waals surface area contributed by atoms with Crippen LogP contribution in [0, 0.1) is 0 Å². The van der Waals surface area contributed by atoms with Gasteiger partial charge in [-0.2, -0.15) is 5.11 Å². The van der Waals surface area contributed by atoms with Crippen LogP contribution in [0.4, 0.5) is 0 Å². The highest BCUT2D eigenvalue weighted by Crippen LogP contribution is 2.22. The van der Waals surface area contributed by atoms with E-state index in [9.17, 15) is 5.11 Å². The first kappa shape index (κ1) is 25.8. The van der Waals surface area contributed by atoms with Crippen molar-refractivity contribution in [3.63, 3.8) is 0 Å². The first-order chi connectivity index (χ1) is 18.8. The molecule has 38 heavy (non-hydrogen) atoms. The number of nitrogens with zero attached hydrogens (tertiary/aromatic N) is 2. The molecule has 2 aromatic heterocycles. The molecule has 0 aliphatic carbocycles. The number of pyridine rings is 2. The highest BCUT2D eigenvalue weighted by Gasteiger charge is 2.10. The van der Waals surface area contributed by atoms with E-state index >= 15 is 0 Å². The van der Waals surface area contributed by atoms with E-state index in [0.29, 0.717) is 18.8 Å². The first-order valence-electron chi connectivity index (χ1n) is 13.4. The molecule has 5 aromatic rings. The molecule has 0 amide bonds. The maximum absolute atomic E-state index is 12.5. The third-order valence-corrected chi connectivity index (χ3v) is 6.82. The van der Waals surface area contributed by atoms with E-state index in [1.165, 1.54) is 21.5 Å². The molecule has 1 radical (unpaired) electrons. The van der Waals surface area contributed by atoms with Gasteiger partial charge in [-0.1, -0.05) is 60.7 Å². The van der Waals surface area contributed by atoms with E-state index in [0.717, 1.165) is 55.7 Å². The van der Waals surface area contributed by atoms with Crippen LogP contribution >= 0.6 is 0 Å². The molecule has 2 heterocycles. The molecular formula is C33H33N2O3. The quantitative estimate of drug-likeness (QED) is 0.122. The largest absolute Gasteiger partial charge is 0.494 e. The topological polar surface area (TPSA) is 64.1 Å². The van der Waals surface area contributed by atoms with Gasteiger partial charge in [-0.15, -0.1) is 0 Å². The fourth-order valence-electron chi connectivity index (χ4n) is 4.75. The van der Waals surface area contributed by atoms with Gasteiger partial charge in [0, 0.05) is 40.1 Å². The van der Waals surface area contributed by atoms with Gasteiger partial charge < -0.3 is 9.47 Å². The molecular weight excluding hydrogens is 472 g/mol. The molecule has 5 rings (SSSR count). The van der Waals surface area contributed by atoms with Crippen LogP contribution in [0.25, 0.3) is 21.5 Å². The Labute approximate surface area is 224 Å². The van der Waals surface area contributed by atoms with Crippen molar-refractivity contribution < 1.29 is 14.6 Å². The molecule has 0 fully saturated rings. The number of aryl methyl sites for hydroxylation is 2. The second-order valence-corrected chi connectivity index (χ2v) is 9.49. The molecule has 1 atom stereocenters. The van der Waals surface area contributed by atoms with Gasteiger partial charge >= 0.3 is 0 Å². The Bertz CT molecular complexity index is 1440. The standard InChI is InChI=1S/C33H33N2O3/c36-33(38-24-8-6-14-32-30-12-4-2-10-26(30)20-22-35-32)27-15-17-28(18-16-27)37-23-7-5-13-31-29-11-3-1-9-25(29)19-21-34-31/h1-4,9-12,15-22,33H,5-8,13-14,23-24H2. The Morgan fingerprint density at radius 1 is 0.605 bits per heavy atom. The second kappa shape index (κ2) is 13.1. The molecule has 3 aromatic carbocycles. The van der Waals surface area contributed by atoms with Gasteiger partial charge in [0.2, 0.25) is 6.29 Å². The highest BCUT2D eigenvalue weighted by atomic mass is 16.6. The Morgan fingerprint density at radius 2 is 1.16 bits per heavy atom. The lowest BCUT2D eigenvalue weighted by atomic mass is 10.1. The van der Waals surface area contributed by atoms with Gasteiger partial charge in [0.05, 0.1) is 13.2 Å². The minimum Gasteiger partial charge on any atom is -0.494 e. The van der Waals surface area contributed by atoms with Crippen molar-refractivity contribution in [2.24, 2.45) is 0 Å². The summed E-state index contributed by atoms with van der Waals surface area (Å²) in [4.78, 5) is 9.09. The summed E-state index contributed by atoms with van der Waals surface area (Å²) in [7, 11) is 0. The molecule has 193 valence electrons. The first-order valence-corrected chi connectivity index (χ1v) is 13.4. The monoisotopic (exact) mass is 505 g/mol. The fraction of sp³-hybridized carbons (Fsp3) is 0.273. The summed E-state index contributed by atoms with van der Waals surface area (Å²) < 4.78 is 11.4. The number of rotatable bonds is 13. The van der Waals surface area contributed by atoms with Crippen molar-refractivity contribution in [3.8, 4) is 5.75 Å². The van der Waals surface area contributed by atoms with Crippen LogP contribution in [0.2, 0.25) is 0 Å². The zero-order valence-corrected chi connectivity index (χ0v) is 21.6. The maximum atomic E-state index is 12.5. The Balaban J connectivity index is 0.990. The number of unbranched alkanes of at least 4 members (excludes halogenated alkanes) is 2. The molecule has 0 aliphatic rings. The molecule has 1 unspecified atom stereocenters. The molecule has 0 aliphatic heterocycles. The van der Waals surface area contributed by atoms with E-state index < -0.39 is 6.29 Å². The van der Waals surface area contributed by atoms with Gasteiger partial charge in [-0.05, 0) is 73.6 Å². The minimum absolute atomic E-state index is 0.433. The summed E-state index contributed by atoms with van der Waals surface area (Å²) in [6.07, 6.45) is 8.05. The van der Waals surface area contributed by atoms with E-state index in [1.54, 1.807) is 12.1 Å². The average molecular weight is 506 g/mol. The lowest BCUT2D eigenvalue weighted by molar-refractivity contribution is -0.145. The summed E-state index contributed by atoms with van der Waals surface area (Å²) in [6, 6.07) is 28.0. The molecule has 0 bridgehead atoms. The van der Waals surface area contributed by atoms with Crippen LogP contribution in [0.3, 0.4) is 0 Å². The van der Waals surface area contributed by atoms with Gasteiger partial charge in [0.15, 0.2) is 0 Å². The van der Waals surface area contributed by atoms with Crippen LogP contribution in [0.1, 0.15) is 48.9 Å². The number of ether oxygens (including phenoxy) is 2. The maximum Gasteiger partial charge on any atom is 0.217 e. The van der Waals surface area contributed by atoms with Crippen molar-refractivity contribution in [2.45, 2.75) is 44.8 Å². The molecule has 5 nitrogen and oxygen atoms in total. The van der Waals surface area contributed by atoms with Crippen molar-refractivity contribution in [1.29, 1.82) is 0 Å². The highest BCUT2D eigenvalue weighted by molar-refractivity contribution is 5.84. The van der Waals surface area contributed by atoms with E-state index in [1.807, 2.05) is 48.8 Å². The smallest absolute Gasteiger partial charge is 0.217 e. The normalized spacial score (nSPS) is 12.1. The average Bonchev–Trinajstić information content (AvgIpc) is 2.97. The van der Waals surface area contributed by atoms with Gasteiger partial charge in [0.1, 0.15) is 5.75 Å². The van der Waals surface area contributed by atoms with Crippen LogP contribution in [0.15, 0.2) is 97.3 Å². The zero-order chi connectivity index (χ0) is 26.0. The third-order valence-electron chi connectivity index (χ3n) is 6.82. The van der Waals surface area contributed by atoms with Crippen molar-refractivity contribution in [2.75, 3.05) is 13.2 Å². The Hall–Kier alpha value is -3.80. The second-order valence-electron chi connectivity index (χ2n) is 9.49. The van der Waals surface area contributed by atoms with Crippen molar-refractivity contribution >= 4 is 21.5 Å². The Kier molecular flexibility index (Phi) is 8.93. The summed E-state index contributed by atoms with van der Waals surface area (Å²) in [5, 5.41) is 17.4. The van der Waals surface area contributed by atoms with Crippen LogP contribution in [0.5, 0.6) is 5.75 Å². The van der Waals surface area contributed by atoms with Crippen molar-refractivity contribution in [3.05, 3.63) is 114 Å². The summed E-state index contributed by atoms with van der Waals surface area (Å²) in [6.45, 7) is 1.07. The Morgan fingerprint density at radius 3 is 1.76 bits per heavy atom. The lowest BCUT2D eigenvalue weighted by Crippen LogP contribution is -2.04. The van der Waals surface area contributed by atoms with Crippen LogP contribution in [-0.4, -0.2) is 23.2 Å². The van der Waals surface area contributed by atoms with Crippen LogP contribution < -0.4 is 4.74 Å². The number of fused-ring (bicyclic) bond motifs is 2. The number of benzene rings is 3. The third kappa shape index (κ3) is 6.74.